The molecule has 28 heavy (non-hydrogen) atoms. The smallest absolute Gasteiger partial charge is 0.129 e. The second-order valence-electron chi connectivity index (χ2n) is 7.53. The topological polar surface area (TPSA) is 17.0 Å². The Morgan fingerprint density at radius 2 is 1.96 bits per heavy atom. The molecule has 0 unspecified atom stereocenters. The fourth-order valence-corrected chi connectivity index (χ4v) is 4.27. The standard InChI is InChI=1S/C24H26ClFN2/c25-22-10-6-11-23(26)21(22)17-28-16-19(20-9-4-5-12-24(20)28)15-27-14-13-18-7-2-1-3-8-18/h4-7,9-12,16,27H,1-3,8,13-15,17H2. The summed E-state index contributed by atoms with van der Waals surface area (Å²) >= 11 is 6.24. The van der Waals surface area contributed by atoms with E-state index in [1.165, 1.54) is 42.7 Å². The van der Waals surface area contributed by atoms with E-state index in [1.807, 2.05) is 6.07 Å². The number of benzene rings is 2. The third kappa shape index (κ3) is 4.31. The Kier molecular flexibility index (Phi) is 6.13. The summed E-state index contributed by atoms with van der Waals surface area (Å²) in [5.41, 5.74) is 4.47. The van der Waals surface area contributed by atoms with E-state index in [2.05, 4.69) is 40.4 Å². The van der Waals surface area contributed by atoms with Crippen LogP contribution >= 0.6 is 11.6 Å². The minimum atomic E-state index is -0.259. The molecular weight excluding hydrogens is 371 g/mol. The zero-order valence-electron chi connectivity index (χ0n) is 16.1. The lowest BCUT2D eigenvalue weighted by atomic mass is 9.97. The van der Waals surface area contributed by atoms with Crippen molar-refractivity contribution in [2.75, 3.05) is 6.54 Å². The molecule has 2 nitrogen and oxygen atoms in total. The summed E-state index contributed by atoms with van der Waals surface area (Å²) in [6.45, 7) is 2.23. The average molecular weight is 397 g/mol. The first kappa shape index (κ1) is 19.2. The van der Waals surface area contributed by atoms with Crippen molar-refractivity contribution >= 4 is 22.5 Å². The SMILES string of the molecule is Fc1cccc(Cl)c1Cn1cc(CNCCC2=CCCCC2)c2ccccc21. The van der Waals surface area contributed by atoms with Gasteiger partial charge in [0.05, 0.1) is 6.54 Å². The van der Waals surface area contributed by atoms with E-state index >= 15 is 0 Å². The first-order chi connectivity index (χ1) is 13.7. The quantitative estimate of drug-likeness (QED) is 0.358. The van der Waals surface area contributed by atoms with Crippen molar-refractivity contribution < 1.29 is 4.39 Å². The number of nitrogens with one attached hydrogen (secondary N) is 1. The highest BCUT2D eigenvalue weighted by Crippen LogP contribution is 2.26. The van der Waals surface area contributed by atoms with Crippen LogP contribution in [-0.2, 0) is 13.1 Å². The van der Waals surface area contributed by atoms with Crippen LogP contribution in [0, 0.1) is 5.82 Å². The van der Waals surface area contributed by atoms with Crippen LogP contribution in [0.15, 0.2) is 60.3 Å². The van der Waals surface area contributed by atoms with Gasteiger partial charge in [0, 0.05) is 34.2 Å². The maximum Gasteiger partial charge on any atom is 0.129 e. The first-order valence-electron chi connectivity index (χ1n) is 10.1. The summed E-state index contributed by atoms with van der Waals surface area (Å²) in [7, 11) is 0. The van der Waals surface area contributed by atoms with E-state index in [0.29, 0.717) is 17.1 Å². The van der Waals surface area contributed by atoms with E-state index in [0.717, 1.165) is 25.0 Å². The van der Waals surface area contributed by atoms with Gasteiger partial charge >= 0.3 is 0 Å². The van der Waals surface area contributed by atoms with Gasteiger partial charge in [0.1, 0.15) is 5.82 Å². The highest BCUT2D eigenvalue weighted by atomic mass is 35.5. The Morgan fingerprint density at radius 3 is 2.79 bits per heavy atom. The van der Waals surface area contributed by atoms with Gasteiger partial charge in [-0.3, -0.25) is 0 Å². The summed E-state index contributed by atoms with van der Waals surface area (Å²) < 4.78 is 16.4. The number of rotatable bonds is 7. The molecule has 2 aromatic carbocycles. The van der Waals surface area contributed by atoms with Gasteiger partial charge in [-0.05, 0) is 62.4 Å². The van der Waals surface area contributed by atoms with Gasteiger partial charge in [0.25, 0.3) is 0 Å². The minimum absolute atomic E-state index is 0.259. The molecule has 0 fully saturated rings. The largest absolute Gasteiger partial charge is 0.343 e. The third-order valence-electron chi connectivity index (χ3n) is 5.58. The molecule has 3 aromatic rings. The van der Waals surface area contributed by atoms with E-state index in [4.69, 9.17) is 11.6 Å². The Hall–Kier alpha value is -2.10. The highest BCUT2D eigenvalue weighted by Gasteiger charge is 2.12. The lowest BCUT2D eigenvalue weighted by Crippen LogP contribution is -2.15. The number of allylic oxidation sites excluding steroid dienone is 1. The molecule has 1 aromatic heterocycles. The molecule has 1 N–H and O–H groups in total. The Labute approximate surface area is 171 Å². The van der Waals surface area contributed by atoms with E-state index in [1.54, 1.807) is 17.7 Å². The van der Waals surface area contributed by atoms with Gasteiger partial charge in [-0.15, -0.1) is 0 Å². The fraction of sp³-hybridized carbons (Fsp3) is 0.333. The molecular formula is C24H26ClFN2. The van der Waals surface area contributed by atoms with Crippen LogP contribution in [0.4, 0.5) is 4.39 Å². The zero-order chi connectivity index (χ0) is 19.3. The van der Waals surface area contributed by atoms with E-state index in [9.17, 15) is 4.39 Å². The molecule has 1 heterocycles. The maximum atomic E-state index is 14.3. The van der Waals surface area contributed by atoms with Crippen molar-refractivity contribution in [3.8, 4) is 0 Å². The van der Waals surface area contributed by atoms with Crippen molar-refractivity contribution in [2.45, 2.75) is 45.2 Å². The van der Waals surface area contributed by atoms with Gasteiger partial charge in [0.15, 0.2) is 0 Å². The highest BCUT2D eigenvalue weighted by molar-refractivity contribution is 6.31. The average Bonchev–Trinajstić information content (AvgIpc) is 3.07. The van der Waals surface area contributed by atoms with Crippen LogP contribution in [0.2, 0.25) is 5.02 Å². The molecule has 0 aliphatic heterocycles. The Balaban J connectivity index is 1.49. The number of para-hydroxylation sites is 1. The lowest BCUT2D eigenvalue weighted by Gasteiger charge is -2.12. The van der Waals surface area contributed by atoms with Crippen molar-refractivity contribution in [1.82, 2.24) is 9.88 Å². The molecule has 0 saturated heterocycles. The Bertz CT molecular complexity index is 969. The molecule has 4 rings (SSSR count). The van der Waals surface area contributed by atoms with Crippen molar-refractivity contribution in [1.29, 1.82) is 0 Å². The summed E-state index contributed by atoms with van der Waals surface area (Å²) in [6, 6.07) is 13.2. The van der Waals surface area contributed by atoms with Crippen LogP contribution in [0.1, 0.15) is 43.2 Å². The molecule has 0 spiro atoms. The molecule has 146 valence electrons. The summed E-state index contributed by atoms with van der Waals surface area (Å²) in [5, 5.41) is 5.27. The normalized spacial score (nSPS) is 14.4. The zero-order valence-corrected chi connectivity index (χ0v) is 16.8. The van der Waals surface area contributed by atoms with Gasteiger partial charge in [-0.2, -0.15) is 0 Å². The van der Waals surface area contributed by atoms with Gasteiger partial charge in [-0.25, -0.2) is 4.39 Å². The maximum absolute atomic E-state index is 14.3. The minimum Gasteiger partial charge on any atom is -0.343 e. The molecule has 0 atom stereocenters. The lowest BCUT2D eigenvalue weighted by molar-refractivity contribution is 0.601. The molecule has 0 amide bonds. The van der Waals surface area contributed by atoms with Gasteiger partial charge in [-0.1, -0.05) is 47.5 Å². The number of hydrogen-bond acceptors (Lipinski definition) is 1. The summed E-state index contributed by atoms with van der Waals surface area (Å²) in [4.78, 5) is 0. The number of fused-ring (bicyclic) bond motifs is 1. The van der Waals surface area contributed by atoms with Crippen LogP contribution in [0.5, 0.6) is 0 Å². The van der Waals surface area contributed by atoms with Gasteiger partial charge < -0.3 is 9.88 Å². The second kappa shape index (κ2) is 8.93. The number of nitrogens with zero attached hydrogens (tertiary/aromatic N) is 1. The van der Waals surface area contributed by atoms with Crippen molar-refractivity contribution in [2.24, 2.45) is 0 Å². The monoisotopic (exact) mass is 396 g/mol. The molecule has 1 aliphatic rings. The van der Waals surface area contributed by atoms with Gasteiger partial charge in [0.2, 0.25) is 0 Å². The molecule has 4 heteroatoms. The molecule has 0 saturated carbocycles. The molecule has 0 radical (unpaired) electrons. The van der Waals surface area contributed by atoms with Crippen LogP contribution in [0.3, 0.4) is 0 Å². The second-order valence-corrected chi connectivity index (χ2v) is 7.94. The van der Waals surface area contributed by atoms with Crippen molar-refractivity contribution in [3.05, 3.63) is 82.3 Å². The number of halogens is 2. The van der Waals surface area contributed by atoms with Crippen LogP contribution in [-0.4, -0.2) is 11.1 Å². The summed E-state index contributed by atoms with van der Waals surface area (Å²) in [5.74, 6) is -0.259. The van der Waals surface area contributed by atoms with Crippen LogP contribution in [0.25, 0.3) is 10.9 Å². The van der Waals surface area contributed by atoms with E-state index < -0.39 is 0 Å². The van der Waals surface area contributed by atoms with Crippen LogP contribution < -0.4 is 5.32 Å². The fourth-order valence-electron chi connectivity index (χ4n) is 4.05. The van der Waals surface area contributed by atoms with Crippen molar-refractivity contribution in [3.63, 3.8) is 0 Å². The Morgan fingerprint density at radius 1 is 1.07 bits per heavy atom. The first-order valence-corrected chi connectivity index (χ1v) is 10.5. The molecule has 0 bridgehead atoms. The number of hydrogen-bond donors (Lipinski definition) is 1. The third-order valence-corrected chi connectivity index (χ3v) is 5.94. The number of aromatic nitrogens is 1. The predicted molar refractivity (Wildman–Crippen MR) is 115 cm³/mol. The summed E-state index contributed by atoms with van der Waals surface area (Å²) in [6.07, 6.45) is 10.8. The molecule has 1 aliphatic carbocycles. The predicted octanol–water partition coefficient (Wildman–Crippen LogP) is 6.46. The van der Waals surface area contributed by atoms with E-state index in [-0.39, 0.29) is 5.82 Å².